The number of carbonyl (C=O) groups excluding carboxylic acids is 1. The van der Waals surface area contributed by atoms with E-state index in [9.17, 15) is 4.79 Å². The number of nitrogens with zero attached hydrogens (tertiary/aromatic N) is 1. The predicted molar refractivity (Wildman–Crippen MR) is 52.3 cm³/mol. The van der Waals surface area contributed by atoms with Gasteiger partial charge in [-0.05, 0) is 12.5 Å². The first-order chi connectivity index (χ1) is 6.11. The van der Waals surface area contributed by atoms with Crippen molar-refractivity contribution in [2.45, 2.75) is 13.3 Å². The minimum atomic E-state index is 0.134. The van der Waals surface area contributed by atoms with E-state index in [-0.39, 0.29) is 11.8 Å². The Morgan fingerprint density at radius 3 is 2.69 bits per heavy atom. The summed E-state index contributed by atoms with van der Waals surface area (Å²) >= 11 is 0. The second kappa shape index (κ2) is 6.86. The molecule has 0 aromatic carbocycles. The van der Waals surface area contributed by atoms with Crippen molar-refractivity contribution in [3.05, 3.63) is 0 Å². The van der Waals surface area contributed by atoms with Gasteiger partial charge in [0.25, 0.3) is 0 Å². The number of hydrogen-bond acceptors (Lipinski definition) is 3. The third-order valence-corrected chi connectivity index (χ3v) is 1.98. The smallest absolute Gasteiger partial charge is 0.222 e. The number of carbonyl (C=O) groups is 1. The molecule has 1 unspecified atom stereocenters. The number of ether oxygens (including phenoxy) is 1. The standard InChI is InChI=1S/C9H20N2O2/c1-8(7-10)6-9(12)11(2)4-5-13-3/h8H,4-7,10H2,1-3H3. The fraction of sp³-hybridized carbons (Fsp3) is 0.889. The topological polar surface area (TPSA) is 55.6 Å². The molecule has 1 atom stereocenters. The Bertz CT molecular complexity index is 151. The van der Waals surface area contributed by atoms with Crippen molar-refractivity contribution in [2.24, 2.45) is 11.7 Å². The molecule has 0 saturated carbocycles. The molecule has 0 saturated heterocycles. The Balaban J connectivity index is 3.68. The van der Waals surface area contributed by atoms with E-state index < -0.39 is 0 Å². The normalized spacial score (nSPS) is 12.6. The average molecular weight is 188 g/mol. The zero-order valence-corrected chi connectivity index (χ0v) is 8.75. The van der Waals surface area contributed by atoms with Crippen LogP contribution in [0.5, 0.6) is 0 Å². The van der Waals surface area contributed by atoms with Crippen molar-refractivity contribution < 1.29 is 9.53 Å². The third-order valence-electron chi connectivity index (χ3n) is 1.98. The third kappa shape index (κ3) is 5.60. The summed E-state index contributed by atoms with van der Waals surface area (Å²) in [6.45, 7) is 3.76. The maximum atomic E-state index is 11.4. The molecular weight excluding hydrogens is 168 g/mol. The van der Waals surface area contributed by atoms with E-state index in [1.807, 2.05) is 6.92 Å². The van der Waals surface area contributed by atoms with Gasteiger partial charge in [0.05, 0.1) is 6.61 Å². The van der Waals surface area contributed by atoms with Gasteiger partial charge in [0.2, 0.25) is 5.91 Å². The highest BCUT2D eigenvalue weighted by Crippen LogP contribution is 2.01. The van der Waals surface area contributed by atoms with E-state index in [2.05, 4.69) is 0 Å². The van der Waals surface area contributed by atoms with Crippen LogP contribution in [0.2, 0.25) is 0 Å². The number of methoxy groups -OCH3 is 1. The number of rotatable bonds is 6. The predicted octanol–water partition coefficient (Wildman–Crippen LogP) is 0.0761. The molecule has 0 heterocycles. The minimum Gasteiger partial charge on any atom is -0.383 e. The van der Waals surface area contributed by atoms with Gasteiger partial charge in [-0.2, -0.15) is 0 Å². The van der Waals surface area contributed by atoms with Crippen molar-refractivity contribution >= 4 is 5.91 Å². The van der Waals surface area contributed by atoms with Crippen LogP contribution in [0.1, 0.15) is 13.3 Å². The molecule has 2 N–H and O–H groups in total. The summed E-state index contributed by atoms with van der Waals surface area (Å²) in [5, 5.41) is 0. The summed E-state index contributed by atoms with van der Waals surface area (Å²) in [4.78, 5) is 13.1. The highest BCUT2D eigenvalue weighted by atomic mass is 16.5. The van der Waals surface area contributed by atoms with Crippen molar-refractivity contribution in [3.63, 3.8) is 0 Å². The number of nitrogens with two attached hydrogens (primary N) is 1. The van der Waals surface area contributed by atoms with Crippen molar-refractivity contribution in [3.8, 4) is 0 Å². The minimum absolute atomic E-state index is 0.134. The number of amides is 1. The lowest BCUT2D eigenvalue weighted by Crippen LogP contribution is -2.32. The van der Waals surface area contributed by atoms with Crippen LogP contribution in [0.15, 0.2) is 0 Å². The zero-order valence-electron chi connectivity index (χ0n) is 8.75. The van der Waals surface area contributed by atoms with Gasteiger partial charge in [0.1, 0.15) is 0 Å². The molecular formula is C9H20N2O2. The average Bonchev–Trinajstić information content (AvgIpc) is 2.13. The molecule has 4 heteroatoms. The van der Waals surface area contributed by atoms with Crippen LogP contribution in [0.25, 0.3) is 0 Å². The van der Waals surface area contributed by atoms with E-state index in [0.717, 1.165) is 0 Å². The molecule has 0 spiro atoms. The molecule has 0 bridgehead atoms. The van der Waals surface area contributed by atoms with Crippen LogP contribution < -0.4 is 5.73 Å². The van der Waals surface area contributed by atoms with Gasteiger partial charge in [-0.15, -0.1) is 0 Å². The van der Waals surface area contributed by atoms with Crippen LogP contribution in [-0.4, -0.2) is 44.7 Å². The quantitative estimate of drug-likeness (QED) is 0.642. The van der Waals surface area contributed by atoms with E-state index in [1.54, 1.807) is 19.1 Å². The van der Waals surface area contributed by atoms with Crippen molar-refractivity contribution in [1.82, 2.24) is 4.90 Å². The van der Waals surface area contributed by atoms with Crippen LogP contribution in [-0.2, 0) is 9.53 Å². The van der Waals surface area contributed by atoms with Crippen LogP contribution in [0, 0.1) is 5.92 Å². The van der Waals surface area contributed by atoms with Gasteiger partial charge < -0.3 is 15.4 Å². The summed E-state index contributed by atoms with van der Waals surface area (Å²) in [5.41, 5.74) is 5.43. The fourth-order valence-corrected chi connectivity index (χ4v) is 0.890. The first-order valence-corrected chi connectivity index (χ1v) is 4.54. The molecule has 0 fully saturated rings. The van der Waals surface area contributed by atoms with Gasteiger partial charge in [-0.3, -0.25) is 4.79 Å². The van der Waals surface area contributed by atoms with Crippen molar-refractivity contribution in [1.29, 1.82) is 0 Å². The molecule has 0 radical (unpaired) electrons. The molecule has 0 aliphatic heterocycles. The zero-order chi connectivity index (χ0) is 10.3. The lowest BCUT2D eigenvalue weighted by atomic mass is 10.1. The van der Waals surface area contributed by atoms with Gasteiger partial charge in [-0.25, -0.2) is 0 Å². The summed E-state index contributed by atoms with van der Waals surface area (Å²) in [6.07, 6.45) is 0.525. The maximum Gasteiger partial charge on any atom is 0.222 e. The summed E-state index contributed by atoms with van der Waals surface area (Å²) in [6, 6.07) is 0. The summed E-state index contributed by atoms with van der Waals surface area (Å²) < 4.78 is 4.88. The van der Waals surface area contributed by atoms with Crippen molar-refractivity contribution in [2.75, 3.05) is 33.9 Å². The van der Waals surface area contributed by atoms with Gasteiger partial charge >= 0.3 is 0 Å². The maximum absolute atomic E-state index is 11.4. The SMILES string of the molecule is COCCN(C)C(=O)CC(C)CN. The lowest BCUT2D eigenvalue weighted by Gasteiger charge is -2.18. The van der Waals surface area contributed by atoms with Crippen LogP contribution in [0.3, 0.4) is 0 Å². The summed E-state index contributed by atoms with van der Waals surface area (Å²) in [7, 11) is 3.41. The monoisotopic (exact) mass is 188 g/mol. The molecule has 0 aromatic heterocycles. The second-order valence-electron chi connectivity index (χ2n) is 3.35. The Labute approximate surface area is 80.0 Å². The fourth-order valence-electron chi connectivity index (χ4n) is 0.890. The first kappa shape index (κ1) is 12.4. The van der Waals surface area contributed by atoms with Crippen LogP contribution in [0.4, 0.5) is 0 Å². The highest BCUT2D eigenvalue weighted by Gasteiger charge is 2.11. The number of hydrogen-bond donors (Lipinski definition) is 1. The molecule has 0 rings (SSSR count). The largest absolute Gasteiger partial charge is 0.383 e. The van der Waals surface area contributed by atoms with E-state index in [0.29, 0.717) is 26.1 Å². The molecule has 1 amide bonds. The Kier molecular flexibility index (Phi) is 6.54. The summed E-state index contributed by atoms with van der Waals surface area (Å²) in [5.74, 6) is 0.396. The lowest BCUT2D eigenvalue weighted by molar-refractivity contribution is -0.131. The van der Waals surface area contributed by atoms with E-state index in [4.69, 9.17) is 10.5 Å². The Hall–Kier alpha value is -0.610. The Morgan fingerprint density at radius 1 is 1.62 bits per heavy atom. The number of likely N-dealkylation sites (N-methyl/N-ethyl adjacent to an activating group) is 1. The Morgan fingerprint density at radius 2 is 2.23 bits per heavy atom. The molecule has 0 aliphatic carbocycles. The highest BCUT2D eigenvalue weighted by molar-refractivity contribution is 5.76. The van der Waals surface area contributed by atoms with Gasteiger partial charge in [-0.1, -0.05) is 6.92 Å². The van der Waals surface area contributed by atoms with E-state index in [1.165, 1.54) is 0 Å². The molecule has 0 aliphatic rings. The van der Waals surface area contributed by atoms with E-state index >= 15 is 0 Å². The van der Waals surface area contributed by atoms with Gasteiger partial charge in [0, 0.05) is 27.1 Å². The molecule has 13 heavy (non-hydrogen) atoms. The second-order valence-corrected chi connectivity index (χ2v) is 3.35. The molecule has 78 valence electrons. The first-order valence-electron chi connectivity index (χ1n) is 4.54. The van der Waals surface area contributed by atoms with Gasteiger partial charge in [0.15, 0.2) is 0 Å². The molecule has 4 nitrogen and oxygen atoms in total. The molecule has 0 aromatic rings. The van der Waals surface area contributed by atoms with Crippen LogP contribution >= 0.6 is 0 Å².